The van der Waals surface area contributed by atoms with Crippen molar-refractivity contribution in [2.75, 3.05) is 13.2 Å². The van der Waals surface area contributed by atoms with E-state index in [2.05, 4.69) is 0 Å². The van der Waals surface area contributed by atoms with Crippen molar-refractivity contribution in [3.63, 3.8) is 0 Å². The molecule has 0 radical (unpaired) electrons. The van der Waals surface area contributed by atoms with Crippen molar-refractivity contribution in [1.29, 1.82) is 0 Å². The Labute approximate surface area is 71.2 Å². The van der Waals surface area contributed by atoms with Gasteiger partial charge in [-0.1, -0.05) is 29.8 Å². The van der Waals surface area contributed by atoms with Crippen LogP contribution in [0.5, 0.6) is 0 Å². The molecule has 1 heterocycles. The number of benzene rings is 1. The maximum Gasteiger partial charge on any atom is 0.182 e. The molecular weight excluding hydrogens is 155 g/mol. The monoisotopic (exact) mass is 166 g/mol. The molecule has 0 N–H and O–H groups in total. The van der Waals surface area contributed by atoms with Crippen molar-refractivity contribution >= 4 is 0 Å². The van der Waals surface area contributed by atoms with Gasteiger partial charge in [0.1, 0.15) is 0 Å². The van der Waals surface area contributed by atoms with Gasteiger partial charge >= 0.3 is 0 Å². The minimum Gasteiger partial charge on any atom is -0.374 e. The summed E-state index contributed by atoms with van der Waals surface area (Å²) >= 11 is 0. The van der Waals surface area contributed by atoms with Crippen LogP contribution in [0.3, 0.4) is 0 Å². The van der Waals surface area contributed by atoms with Crippen LogP contribution in [0, 0.1) is 6.92 Å². The third kappa shape index (κ3) is 1.12. The van der Waals surface area contributed by atoms with E-state index in [1.54, 1.807) is 0 Å². The average molecular weight is 166 g/mol. The molecule has 1 aliphatic rings. The van der Waals surface area contributed by atoms with Gasteiger partial charge in [-0.15, -0.1) is 0 Å². The predicted molar refractivity (Wildman–Crippen MR) is 44.8 cm³/mol. The molecular formula is C10H11FO. The smallest absolute Gasteiger partial charge is 0.182 e. The lowest BCUT2D eigenvalue weighted by atomic mass is 9.93. The lowest BCUT2D eigenvalue weighted by Gasteiger charge is -2.34. The fourth-order valence-electron chi connectivity index (χ4n) is 1.37. The maximum absolute atomic E-state index is 13.7. The Hall–Kier alpha value is -0.890. The van der Waals surface area contributed by atoms with E-state index in [1.165, 1.54) is 0 Å². The molecule has 64 valence electrons. The number of ether oxygens (including phenoxy) is 1. The number of hydrogen-bond acceptors (Lipinski definition) is 1. The standard InChI is InChI=1S/C10H11FO/c1-8-3-2-4-9(5-8)10(11)6-12-7-10/h2-5H,6-7H2,1H3. The van der Waals surface area contributed by atoms with Crippen molar-refractivity contribution in [1.82, 2.24) is 0 Å². The van der Waals surface area contributed by atoms with Crippen molar-refractivity contribution in [2.45, 2.75) is 12.6 Å². The van der Waals surface area contributed by atoms with Gasteiger partial charge in [0.05, 0.1) is 13.2 Å². The molecule has 1 aromatic carbocycles. The highest BCUT2D eigenvalue weighted by Gasteiger charge is 2.40. The van der Waals surface area contributed by atoms with Crippen LogP contribution in [0.25, 0.3) is 0 Å². The van der Waals surface area contributed by atoms with Crippen LogP contribution in [0.2, 0.25) is 0 Å². The fraction of sp³-hybridized carbons (Fsp3) is 0.400. The molecule has 0 aromatic heterocycles. The fourth-order valence-corrected chi connectivity index (χ4v) is 1.37. The van der Waals surface area contributed by atoms with E-state index < -0.39 is 5.67 Å². The van der Waals surface area contributed by atoms with E-state index in [4.69, 9.17) is 4.74 Å². The Morgan fingerprint density at radius 1 is 1.42 bits per heavy atom. The SMILES string of the molecule is Cc1cccc(C2(F)COC2)c1. The van der Waals surface area contributed by atoms with Crippen molar-refractivity contribution in [2.24, 2.45) is 0 Å². The molecule has 1 saturated heterocycles. The number of hydrogen-bond donors (Lipinski definition) is 0. The highest BCUT2D eigenvalue weighted by Crippen LogP contribution is 2.33. The first-order valence-corrected chi connectivity index (χ1v) is 4.04. The lowest BCUT2D eigenvalue weighted by molar-refractivity contribution is -0.135. The summed E-state index contributed by atoms with van der Waals surface area (Å²) in [7, 11) is 0. The molecule has 2 rings (SSSR count). The molecule has 1 nitrogen and oxygen atoms in total. The van der Waals surface area contributed by atoms with Crippen LogP contribution < -0.4 is 0 Å². The lowest BCUT2D eigenvalue weighted by Crippen LogP contribution is -2.42. The normalized spacial score (nSPS) is 20.2. The number of aryl methyl sites for hydroxylation is 1. The van der Waals surface area contributed by atoms with Gasteiger partial charge in [0.25, 0.3) is 0 Å². The number of rotatable bonds is 1. The minimum atomic E-state index is -1.22. The van der Waals surface area contributed by atoms with Crippen LogP contribution in [0.15, 0.2) is 24.3 Å². The third-order valence-electron chi connectivity index (χ3n) is 2.20. The molecule has 0 aliphatic carbocycles. The quantitative estimate of drug-likeness (QED) is 0.621. The van der Waals surface area contributed by atoms with Gasteiger partial charge in [0.2, 0.25) is 0 Å². The molecule has 0 amide bonds. The second-order valence-electron chi connectivity index (χ2n) is 3.33. The summed E-state index contributed by atoms with van der Waals surface area (Å²) in [6, 6.07) is 7.54. The highest BCUT2D eigenvalue weighted by molar-refractivity contribution is 5.29. The van der Waals surface area contributed by atoms with Gasteiger partial charge in [-0.05, 0) is 12.5 Å². The summed E-state index contributed by atoms with van der Waals surface area (Å²) < 4.78 is 18.6. The Kier molecular flexibility index (Phi) is 1.65. The highest BCUT2D eigenvalue weighted by atomic mass is 19.1. The largest absolute Gasteiger partial charge is 0.374 e. The van der Waals surface area contributed by atoms with Crippen LogP contribution >= 0.6 is 0 Å². The van der Waals surface area contributed by atoms with E-state index >= 15 is 0 Å². The zero-order chi connectivity index (χ0) is 8.60. The average Bonchev–Trinajstić information content (AvgIpc) is 2.00. The number of halogens is 1. The Morgan fingerprint density at radius 2 is 2.17 bits per heavy atom. The molecule has 0 bridgehead atoms. The van der Waals surface area contributed by atoms with E-state index in [-0.39, 0.29) is 13.2 Å². The van der Waals surface area contributed by atoms with Gasteiger partial charge in [-0.2, -0.15) is 0 Å². The summed E-state index contributed by atoms with van der Waals surface area (Å²) in [5.41, 5.74) is 0.622. The molecule has 0 spiro atoms. The second kappa shape index (κ2) is 2.56. The Bertz CT molecular complexity index is 292. The van der Waals surface area contributed by atoms with E-state index in [1.807, 2.05) is 31.2 Å². The zero-order valence-electron chi connectivity index (χ0n) is 7.01. The summed E-state index contributed by atoms with van der Waals surface area (Å²) in [6.07, 6.45) is 0. The molecule has 12 heavy (non-hydrogen) atoms. The van der Waals surface area contributed by atoms with Gasteiger partial charge in [0.15, 0.2) is 5.67 Å². The van der Waals surface area contributed by atoms with Crippen LogP contribution in [-0.4, -0.2) is 13.2 Å². The molecule has 1 fully saturated rings. The van der Waals surface area contributed by atoms with Crippen LogP contribution in [-0.2, 0) is 10.4 Å². The molecule has 0 unspecified atom stereocenters. The second-order valence-corrected chi connectivity index (χ2v) is 3.33. The van der Waals surface area contributed by atoms with Gasteiger partial charge in [-0.25, -0.2) is 4.39 Å². The van der Waals surface area contributed by atoms with Gasteiger partial charge in [0, 0.05) is 0 Å². The molecule has 1 aliphatic heterocycles. The third-order valence-corrected chi connectivity index (χ3v) is 2.20. The van der Waals surface area contributed by atoms with Crippen LogP contribution in [0.4, 0.5) is 4.39 Å². The first-order valence-electron chi connectivity index (χ1n) is 4.04. The topological polar surface area (TPSA) is 9.23 Å². The molecule has 1 aromatic rings. The maximum atomic E-state index is 13.7. The van der Waals surface area contributed by atoms with Crippen LogP contribution in [0.1, 0.15) is 11.1 Å². The molecule has 0 saturated carbocycles. The van der Waals surface area contributed by atoms with Gasteiger partial charge < -0.3 is 4.74 Å². The first kappa shape index (κ1) is 7.74. The van der Waals surface area contributed by atoms with E-state index in [0.717, 1.165) is 11.1 Å². The Balaban J connectivity index is 2.33. The summed E-state index contributed by atoms with van der Waals surface area (Å²) in [6.45, 7) is 2.37. The molecule has 0 atom stereocenters. The minimum absolute atomic E-state index is 0.205. The Morgan fingerprint density at radius 3 is 2.67 bits per heavy atom. The number of alkyl halides is 1. The summed E-state index contributed by atoms with van der Waals surface area (Å²) in [4.78, 5) is 0. The zero-order valence-corrected chi connectivity index (χ0v) is 7.01. The first-order chi connectivity index (χ1) is 5.71. The summed E-state index contributed by atoms with van der Waals surface area (Å²) in [5.74, 6) is 0. The molecule has 2 heteroatoms. The van der Waals surface area contributed by atoms with E-state index in [9.17, 15) is 4.39 Å². The van der Waals surface area contributed by atoms with E-state index in [0.29, 0.717) is 0 Å². The van der Waals surface area contributed by atoms with Crippen molar-refractivity contribution in [3.05, 3.63) is 35.4 Å². The summed E-state index contributed by atoms with van der Waals surface area (Å²) in [5, 5.41) is 0. The predicted octanol–water partition coefficient (Wildman–Crippen LogP) is 2.19. The van der Waals surface area contributed by atoms with Gasteiger partial charge in [-0.3, -0.25) is 0 Å². The van der Waals surface area contributed by atoms with Crippen molar-refractivity contribution in [3.8, 4) is 0 Å². The van der Waals surface area contributed by atoms with Crippen molar-refractivity contribution < 1.29 is 9.13 Å².